The van der Waals surface area contributed by atoms with Crippen LogP contribution in [0.5, 0.6) is 11.6 Å². The summed E-state index contributed by atoms with van der Waals surface area (Å²) in [6, 6.07) is 9.32. The van der Waals surface area contributed by atoms with E-state index >= 15 is 0 Å². The lowest BCUT2D eigenvalue weighted by Crippen LogP contribution is -1.91. The second kappa shape index (κ2) is 4.73. The average molecular weight is 276 g/mol. The maximum Gasteiger partial charge on any atom is 0.237 e. The number of halogens is 1. The Bertz CT molecular complexity index is 534. The molecule has 0 saturated carbocycles. The van der Waals surface area contributed by atoms with Gasteiger partial charge in [0.25, 0.3) is 0 Å². The van der Waals surface area contributed by atoms with Gasteiger partial charge in [0.1, 0.15) is 11.8 Å². The van der Waals surface area contributed by atoms with Gasteiger partial charge in [0.15, 0.2) is 5.69 Å². The van der Waals surface area contributed by atoms with Gasteiger partial charge in [-0.2, -0.15) is 5.26 Å². The first-order valence-corrected chi connectivity index (χ1v) is 5.23. The molecular formula is C11H6BrN3O. The lowest BCUT2D eigenvalue weighted by atomic mass is 10.3. The fourth-order valence-corrected chi connectivity index (χ4v) is 1.43. The predicted octanol–water partition coefficient (Wildman–Crippen LogP) is 2.90. The monoisotopic (exact) mass is 275 g/mol. The molecule has 0 N–H and O–H groups in total. The minimum absolute atomic E-state index is 0.263. The van der Waals surface area contributed by atoms with Gasteiger partial charge in [-0.05, 0) is 28.1 Å². The molecule has 0 atom stereocenters. The van der Waals surface area contributed by atoms with Crippen LogP contribution in [-0.4, -0.2) is 9.97 Å². The minimum atomic E-state index is 0.263. The van der Waals surface area contributed by atoms with E-state index in [2.05, 4.69) is 25.9 Å². The zero-order chi connectivity index (χ0) is 11.4. The Hall–Kier alpha value is -1.93. The van der Waals surface area contributed by atoms with Gasteiger partial charge < -0.3 is 4.74 Å². The summed E-state index contributed by atoms with van der Waals surface area (Å²) in [4.78, 5) is 7.82. The summed E-state index contributed by atoms with van der Waals surface area (Å²) in [6.07, 6.45) is 2.78. The Kier molecular flexibility index (Phi) is 3.13. The van der Waals surface area contributed by atoms with Crippen LogP contribution in [-0.2, 0) is 0 Å². The highest BCUT2D eigenvalue weighted by Crippen LogP contribution is 2.27. The third kappa shape index (κ3) is 2.35. The normalized spacial score (nSPS) is 9.50. The molecule has 0 aliphatic rings. The number of benzene rings is 1. The average Bonchev–Trinajstić information content (AvgIpc) is 2.33. The van der Waals surface area contributed by atoms with Gasteiger partial charge in [-0.3, -0.25) is 0 Å². The molecule has 0 fully saturated rings. The number of nitrogens with zero attached hydrogens (tertiary/aromatic N) is 3. The van der Waals surface area contributed by atoms with Crippen LogP contribution in [0.15, 0.2) is 41.1 Å². The molecule has 0 saturated heterocycles. The van der Waals surface area contributed by atoms with Gasteiger partial charge >= 0.3 is 0 Å². The highest BCUT2D eigenvalue weighted by Gasteiger charge is 2.02. The fraction of sp³-hybridized carbons (Fsp3) is 0. The summed E-state index contributed by atoms with van der Waals surface area (Å²) in [6.45, 7) is 0. The van der Waals surface area contributed by atoms with Gasteiger partial charge in [-0.1, -0.05) is 12.1 Å². The molecule has 0 amide bonds. The first kappa shape index (κ1) is 10.6. The van der Waals surface area contributed by atoms with E-state index in [1.807, 2.05) is 30.3 Å². The summed E-state index contributed by atoms with van der Waals surface area (Å²) in [5.74, 6) is 1.01. The zero-order valence-electron chi connectivity index (χ0n) is 8.09. The number of hydrogen-bond acceptors (Lipinski definition) is 4. The van der Waals surface area contributed by atoms with Gasteiger partial charge in [0, 0.05) is 0 Å². The predicted molar refractivity (Wildman–Crippen MR) is 61.0 cm³/mol. The summed E-state index contributed by atoms with van der Waals surface area (Å²) < 4.78 is 6.31. The summed E-state index contributed by atoms with van der Waals surface area (Å²) in [5.41, 5.74) is 0.263. The Labute approximate surface area is 101 Å². The van der Waals surface area contributed by atoms with E-state index in [0.29, 0.717) is 11.6 Å². The second-order valence-corrected chi connectivity index (χ2v) is 3.74. The minimum Gasteiger partial charge on any atom is -0.436 e. The van der Waals surface area contributed by atoms with Gasteiger partial charge in [-0.15, -0.1) is 0 Å². The smallest absolute Gasteiger partial charge is 0.237 e. The van der Waals surface area contributed by atoms with Crippen molar-refractivity contribution in [2.24, 2.45) is 0 Å². The van der Waals surface area contributed by atoms with Gasteiger partial charge in [0.05, 0.1) is 16.9 Å². The highest BCUT2D eigenvalue weighted by atomic mass is 79.9. The van der Waals surface area contributed by atoms with Crippen molar-refractivity contribution in [3.63, 3.8) is 0 Å². The molecule has 2 rings (SSSR count). The van der Waals surface area contributed by atoms with E-state index in [0.717, 1.165) is 4.47 Å². The molecule has 78 valence electrons. The highest BCUT2D eigenvalue weighted by molar-refractivity contribution is 9.10. The molecule has 5 heteroatoms. The quantitative estimate of drug-likeness (QED) is 0.846. The van der Waals surface area contributed by atoms with Crippen molar-refractivity contribution in [3.8, 4) is 17.7 Å². The molecule has 2 aromatic rings. The molecule has 0 unspecified atom stereocenters. The number of para-hydroxylation sites is 1. The van der Waals surface area contributed by atoms with Crippen LogP contribution in [0.2, 0.25) is 0 Å². The maximum atomic E-state index is 8.56. The third-order valence-electron chi connectivity index (χ3n) is 1.79. The Balaban J connectivity index is 2.22. The third-order valence-corrected chi connectivity index (χ3v) is 2.45. The molecule has 1 aromatic heterocycles. The van der Waals surface area contributed by atoms with Crippen LogP contribution in [0.1, 0.15) is 5.69 Å². The number of nitriles is 1. The lowest BCUT2D eigenvalue weighted by molar-refractivity contribution is 0.457. The van der Waals surface area contributed by atoms with E-state index in [9.17, 15) is 0 Å². The molecule has 1 aromatic carbocycles. The Morgan fingerprint density at radius 1 is 1.19 bits per heavy atom. The van der Waals surface area contributed by atoms with Crippen molar-refractivity contribution in [1.82, 2.24) is 9.97 Å². The van der Waals surface area contributed by atoms with Crippen LogP contribution < -0.4 is 4.74 Å². The molecule has 0 radical (unpaired) electrons. The lowest BCUT2D eigenvalue weighted by Gasteiger charge is -2.05. The SMILES string of the molecule is N#Cc1cnc(Oc2ccccc2Br)cn1. The van der Waals surface area contributed by atoms with Crippen molar-refractivity contribution in [1.29, 1.82) is 5.26 Å². The number of aromatic nitrogens is 2. The summed E-state index contributed by atoms with van der Waals surface area (Å²) >= 11 is 3.36. The topological polar surface area (TPSA) is 58.8 Å². The Morgan fingerprint density at radius 2 is 2.00 bits per heavy atom. The Morgan fingerprint density at radius 3 is 2.62 bits per heavy atom. The maximum absolute atomic E-state index is 8.56. The van der Waals surface area contributed by atoms with Crippen molar-refractivity contribution >= 4 is 15.9 Å². The molecule has 4 nitrogen and oxygen atoms in total. The standard InChI is InChI=1S/C11H6BrN3O/c12-9-3-1-2-4-10(9)16-11-7-14-8(5-13)6-15-11/h1-4,6-7H. The van der Waals surface area contributed by atoms with Crippen LogP contribution >= 0.6 is 15.9 Å². The van der Waals surface area contributed by atoms with E-state index in [1.165, 1.54) is 12.4 Å². The van der Waals surface area contributed by atoms with E-state index in [1.54, 1.807) is 0 Å². The van der Waals surface area contributed by atoms with Gasteiger partial charge in [-0.25, -0.2) is 9.97 Å². The van der Waals surface area contributed by atoms with Crippen LogP contribution in [0.3, 0.4) is 0 Å². The number of rotatable bonds is 2. The van der Waals surface area contributed by atoms with E-state index < -0.39 is 0 Å². The zero-order valence-corrected chi connectivity index (χ0v) is 9.68. The van der Waals surface area contributed by atoms with E-state index in [4.69, 9.17) is 10.00 Å². The molecule has 0 spiro atoms. The van der Waals surface area contributed by atoms with Crippen molar-refractivity contribution < 1.29 is 4.74 Å². The second-order valence-electron chi connectivity index (χ2n) is 2.88. The van der Waals surface area contributed by atoms with Crippen molar-refractivity contribution in [2.45, 2.75) is 0 Å². The van der Waals surface area contributed by atoms with Crippen LogP contribution in [0.25, 0.3) is 0 Å². The van der Waals surface area contributed by atoms with Crippen molar-refractivity contribution in [3.05, 3.63) is 46.8 Å². The van der Waals surface area contributed by atoms with Crippen LogP contribution in [0, 0.1) is 11.3 Å². The molecule has 0 aliphatic heterocycles. The first-order valence-electron chi connectivity index (χ1n) is 4.44. The summed E-state index contributed by atoms with van der Waals surface area (Å²) in [5, 5.41) is 8.56. The molecule has 0 bridgehead atoms. The van der Waals surface area contributed by atoms with Crippen LogP contribution in [0.4, 0.5) is 0 Å². The van der Waals surface area contributed by atoms with Crippen molar-refractivity contribution in [2.75, 3.05) is 0 Å². The molecule has 16 heavy (non-hydrogen) atoms. The summed E-state index contributed by atoms with van der Waals surface area (Å²) in [7, 11) is 0. The molecule has 1 heterocycles. The molecular weight excluding hydrogens is 270 g/mol. The largest absolute Gasteiger partial charge is 0.436 e. The number of hydrogen-bond donors (Lipinski definition) is 0. The first-order chi connectivity index (χ1) is 7.79. The number of ether oxygens (including phenoxy) is 1. The van der Waals surface area contributed by atoms with E-state index in [-0.39, 0.29) is 5.69 Å². The van der Waals surface area contributed by atoms with Gasteiger partial charge in [0.2, 0.25) is 5.88 Å². The molecule has 0 aliphatic carbocycles. The fourth-order valence-electron chi connectivity index (χ4n) is 1.07.